The number of urea groups is 1. The van der Waals surface area contributed by atoms with E-state index in [0.29, 0.717) is 5.69 Å². The number of carbonyl (C=O) groups is 1. The summed E-state index contributed by atoms with van der Waals surface area (Å²) < 4.78 is 12.8. The van der Waals surface area contributed by atoms with E-state index in [1.165, 1.54) is 31.4 Å². The minimum atomic E-state index is -0.298. The Labute approximate surface area is 125 Å². The Morgan fingerprint density at radius 3 is 2.43 bits per heavy atom. The van der Waals surface area contributed by atoms with Gasteiger partial charge in [0.2, 0.25) is 0 Å². The molecule has 1 aliphatic heterocycles. The largest absolute Gasteiger partial charge is 0.322 e. The topological polar surface area (TPSA) is 35.6 Å². The molecule has 0 spiro atoms. The van der Waals surface area contributed by atoms with Crippen molar-refractivity contribution >= 4 is 11.7 Å². The number of rotatable bonds is 5. The minimum absolute atomic E-state index is 0.102. The number of halogens is 1. The summed E-state index contributed by atoms with van der Waals surface area (Å²) in [5.74, 6) is -0.298. The Kier molecular flexibility index (Phi) is 5.99. The normalized spacial score (nSPS) is 16.0. The summed E-state index contributed by atoms with van der Waals surface area (Å²) in [4.78, 5) is 16.4. The van der Waals surface area contributed by atoms with Gasteiger partial charge in [0, 0.05) is 31.9 Å². The maximum absolute atomic E-state index is 12.8. The third-order valence-corrected chi connectivity index (χ3v) is 3.83. The van der Waals surface area contributed by atoms with Crippen LogP contribution in [-0.4, -0.2) is 48.6 Å². The fourth-order valence-corrected chi connectivity index (χ4v) is 2.50. The SMILES string of the molecule is CCCCCN1CCN(C(=O)Nc2ccc(F)cc2)CC1. The predicted octanol–water partition coefficient (Wildman–Crippen LogP) is 3.17. The van der Waals surface area contributed by atoms with Crippen molar-refractivity contribution in [1.29, 1.82) is 0 Å². The molecule has 1 heterocycles. The number of nitrogens with zero attached hydrogens (tertiary/aromatic N) is 2. The zero-order valence-electron chi connectivity index (χ0n) is 12.6. The van der Waals surface area contributed by atoms with Crippen LogP contribution in [-0.2, 0) is 0 Å². The lowest BCUT2D eigenvalue weighted by Gasteiger charge is -2.34. The van der Waals surface area contributed by atoms with Gasteiger partial charge in [-0.1, -0.05) is 19.8 Å². The molecule has 21 heavy (non-hydrogen) atoms. The fraction of sp³-hybridized carbons (Fsp3) is 0.562. The number of anilines is 1. The second-order valence-electron chi connectivity index (χ2n) is 5.47. The van der Waals surface area contributed by atoms with Crippen molar-refractivity contribution in [3.8, 4) is 0 Å². The summed E-state index contributed by atoms with van der Waals surface area (Å²) in [6.45, 7) is 6.69. The monoisotopic (exact) mass is 293 g/mol. The van der Waals surface area contributed by atoms with E-state index in [1.54, 1.807) is 12.1 Å². The van der Waals surface area contributed by atoms with Crippen LogP contribution >= 0.6 is 0 Å². The van der Waals surface area contributed by atoms with Gasteiger partial charge in [0.05, 0.1) is 0 Å². The molecule has 0 bridgehead atoms. The minimum Gasteiger partial charge on any atom is -0.322 e. The third kappa shape index (κ3) is 5.01. The lowest BCUT2D eigenvalue weighted by atomic mass is 10.2. The zero-order chi connectivity index (χ0) is 15.1. The molecule has 1 fully saturated rings. The van der Waals surface area contributed by atoms with Crippen LogP contribution in [0, 0.1) is 5.82 Å². The van der Waals surface area contributed by atoms with Crippen LogP contribution in [0.1, 0.15) is 26.2 Å². The molecular formula is C16H24FN3O. The summed E-state index contributed by atoms with van der Waals surface area (Å²) in [5.41, 5.74) is 0.631. The first-order valence-corrected chi connectivity index (χ1v) is 7.73. The second kappa shape index (κ2) is 7.98. The van der Waals surface area contributed by atoms with Crippen LogP contribution in [0.5, 0.6) is 0 Å². The Morgan fingerprint density at radius 1 is 1.14 bits per heavy atom. The van der Waals surface area contributed by atoms with Crippen LogP contribution in [0.15, 0.2) is 24.3 Å². The number of hydrogen-bond donors (Lipinski definition) is 1. The van der Waals surface area contributed by atoms with Gasteiger partial charge in [-0.15, -0.1) is 0 Å². The van der Waals surface area contributed by atoms with Gasteiger partial charge in [-0.25, -0.2) is 9.18 Å². The van der Waals surface area contributed by atoms with E-state index in [-0.39, 0.29) is 11.8 Å². The van der Waals surface area contributed by atoms with Crippen molar-refractivity contribution in [2.75, 3.05) is 38.0 Å². The molecule has 0 aromatic heterocycles. The molecule has 2 rings (SSSR count). The maximum atomic E-state index is 12.8. The Bertz CT molecular complexity index is 441. The molecule has 116 valence electrons. The highest BCUT2D eigenvalue weighted by Gasteiger charge is 2.20. The van der Waals surface area contributed by atoms with Crippen LogP contribution in [0.2, 0.25) is 0 Å². The molecule has 1 aromatic carbocycles. The van der Waals surface area contributed by atoms with Crippen molar-refractivity contribution in [2.45, 2.75) is 26.2 Å². The molecule has 1 saturated heterocycles. The van der Waals surface area contributed by atoms with Gasteiger partial charge in [0.1, 0.15) is 5.82 Å². The Hall–Kier alpha value is -1.62. The highest BCUT2D eigenvalue weighted by molar-refractivity contribution is 5.89. The number of hydrogen-bond acceptors (Lipinski definition) is 2. The average molecular weight is 293 g/mol. The van der Waals surface area contributed by atoms with Crippen molar-refractivity contribution in [1.82, 2.24) is 9.80 Å². The molecular weight excluding hydrogens is 269 g/mol. The van der Waals surface area contributed by atoms with Gasteiger partial charge >= 0.3 is 6.03 Å². The van der Waals surface area contributed by atoms with E-state index in [4.69, 9.17) is 0 Å². The van der Waals surface area contributed by atoms with E-state index in [0.717, 1.165) is 32.7 Å². The van der Waals surface area contributed by atoms with Gasteiger partial charge < -0.3 is 10.2 Å². The number of amides is 2. The van der Waals surface area contributed by atoms with E-state index in [1.807, 2.05) is 4.90 Å². The van der Waals surface area contributed by atoms with Crippen LogP contribution < -0.4 is 5.32 Å². The summed E-state index contributed by atoms with van der Waals surface area (Å²) in [5, 5.41) is 2.81. The maximum Gasteiger partial charge on any atom is 0.321 e. The first-order chi connectivity index (χ1) is 10.2. The summed E-state index contributed by atoms with van der Waals surface area (Å²) in [6, 6.07) is 5.75. The molecule has 5 heteroatoms. The highest BCUT2D eigenvalue weighted by Crippen LogP contribution is 2.11. The summed E-state index contributed by atoms with van der Waals surface area (Å²) in [6.07, 6.45) is 3.74. The van der Waals surface area contributed by atoms with Gasteiger partial charge in [-0.05, 0) is 37.2 Å². The number of piperazine rings is 1. The molecule has 4 nitrogen and oxygen atoms in total. The molecule has 2 amide bonds. The fourth-order valence-electron chi connectivity index (χ4n) is 2.50. The quantitative estimate of drug-likeness (QED) is 0.846. The second-order valence-corrected chi connectivity index (χ2v) is 5.47. The van der Waals surface area contributed by atoms with Crippen molar-refractivity contribution in [3.63, 3.8) is 0 Å². The van der Waals surface area contributed by atoms with Crippen LogP contribution in [0.3, 0.4) is 0 Å². The standard InChI is InChI=1S/C16H24FN3O/c1-2-3-4-9-19-10-12-20(13-11-19)16(21)18-15-7-5-14(17)6-8-15/h5-8H,2-4,9-13H2,1H3,(H,18,21). The molecule has 1 N–H and O–H groups in total. The first-order valence-electron chi connectivity index (χ1n) is 7.73. The average Bonchev–Trinajstić information content (AvgIpc) is 2.50. The molecule has 1 aromatic rings. The third-order valence-electron chi connectivity index (χ3n) is 3.83. The zero-order valence-corrected chi connectivity index (χ0v) is 12.6. The number of nitrogens with one attached hydrogen (secondary N) is 1. The lowest BCUT2D eigenvalue weighted by molar-refractivity contribution is 0.146. The first kappa shape index (κ1) is 15.8. The van der Waals surface area contributed by atoms with Crippen LogP contribution in [0.25, 0.3) is 0 Å². The van der Waals surface area contributed by atoms with Gasteiger partial charge in [0.15, 0.2) is 0 Å². The Morgan fingerprint density at radius 2 is 1.81 bits per heavy atom. The Balaban J connectivity index is 1.74. The molecule has 0 unspecified atom stereocenters. The highest BCUT2D eigenvalue weighted by atomic mass is 19.1. The van der Waals surface area contributed by atoms with E-state index in [9.17, 15) is 9.18 Å². The van der Waals surface area contributed by atoms with Gasteiger partial charge in [-0.2, -0.15) is 0 Å². The lowest BCUT2D eigenvalue weighted by Crippen LogP contribution is -2.50. The molecule has 0 atom stereocenters. The smallest absolute Gasteiger partial charge is 0.321 e. The van der Waals surface area contributed by atoms with Crippen molar-refractivity contribution in [3.05, 3.63) is 30.1 Å². The molecule has 1 aliphatic rings. The van der Waals surface area contributed by atoms with E-state index in [2.05, 4.69) is 17.1 Å². The van der Waals surface area contributed by atoms with Gasteiger partial charge in [-0.3, -0.25) is 4.90 Å². The molecule has 0 radical (unpaired) electrons. The van der Waals surface area contributed by atoms with Crippen LogP contribution in [0.4, 0.5) is 14.9 Å². The van der Waals surface area contributed by atoms with Gasteiger partial charge in [0.25, 0.3) is 0 Å². The number of benzene rings is 1. The molecule has 0 aliphatic carbocycles. The number of unbranched alkanes of at least 4 members (excludes halogenated alkanes) is 2. The molecule has 0 saturated carbocycles. The number of carbonyl (C=O) groups excluding carboxylic acids is 1. The van der Waals surface area contributed by atoms with Crippen molar-refractivity contribution in [2.24, 2.45) is 0 Å². The predicted molar refractivity (Wildman–Crippen MR) is 83.0 cm³/mol. The summed E-state index contributed by atoms with van der Waals surface area (Å²) >= 11 is 0. The summed E-state index contributed by atoms with van der Waals surface area (Å²) in [7, 11) is 0. The van der Waals surface area contributed by atoms with E-state index < -0.39 is 0 Å². The van der Waals surface area contributed by atoms with E-state index >= 15 is 0 Å². The van der Waals surface area contributed by atoms with Crippen molar-refractivity contribution < 1.29 is 9.18 Å².